The van der Waals surface area contributed by atoms with Crippen LogP contribution in [0.1, 0.15) is 52.0 Å². The Hall–Kier alpha value is -7.67. The number of halogens is 1. The number of para-hydroxylation sites is 1. The van der Waals surface area contributed by atoms with E-state index in [9.17, 15) is 14.4 Å². The van der Waals surface area contributed by atoms with Crippen LogP contribution in [0.2, 0.25) is 0 Å². The van der Waals surface area contributed by atoms with Crippen LogP contribution in [0.25, 0.3) is 10.9 Å². The molecule has 1 aromatic heterocycles. The van der Waals surface area contributed by atoms with Crippen LogP contribution in [0.5, 0.6) is 46.0 Å². The third kappa shape index (κ3) is 28.5. The number of piperazine rings is 4. The van der Waals surface area contributed by atoms with E-state index in [4.69, 9.17) is 47.4 Å². The Morgan fingerprint density at radius 2 is 0.723 bits per heavy atom. The molecular weight excluding hydrogens is 1270 g/mol. The molecule has 5 heterocycles. The van der Waals surface area contributed by atoms with Gasteiger partial charge in [-0.05, 0) is 151 Å². The van der Waals surface area contributed by atoms with Crippen LogP contribution in [0.15, 0.2) is 127 Å². The van der Waals surface area contributed by atoms with Crippen molar-refractivity contribution in [2.24, 2.45) is 0 Å². The van der Waals surface area contributed by atoms with Crippen molar-refractivity contribution >= 4 is 44.9 Å². The average Bonchev–Trinajstić information content (AvgIpc) is 1.72. The second kappa shape index (κ2) is 40.6. The minimum Gasteiger partial charge on any atom is -0.497 e. The molecule has 6 aromatic rings. The number of aromatic amines is 1. The maximum atomic E-state index is 12.8. The van der Waals surface area contributed by atoms with Gasteiger partial charge in [0.2, 0.25) is 0 Å². The molecule has 0 atom stereocenters. The van der Waals surface area contributed by atoms with Crippen LogP contribution in [-0.2, 0) is 9.47 Å². The fraction of sp³-hybridized carbons (Fsp3) is 0.507. The molecule has 0 radical (unpaired) electrons. The molecule has 23 heteroatoms. The number of ether oxygens (including phenoxy) is 10. The summed E-state index contributed by atoms with van der Waals surface area (Å²) < 4.78 is 53.6. The van der Waals surface area contributed by atoms with Gasteiger partial charge in [0.25, 0.3) is 5.91 Å². The Kier molecular flexibility index (Phi) is 32.5. The normalized spacial score (nSPS) is 15.3. The fourth-order valence-electron chi connectivity index (χ4n) is 9.84. The van der Waals surface area contributed by atoms with E-state index in [0.717, 1.165) is 180 Å². The zero-order valence-electron chi connectivity index (χ0n) is 57.0. The Balaban J connectivity index is 0.000000193. The number of hydrogen-bond donors (Lipinski definition) is 3. The molecule has 94 heavy (non-hydrogen) atoms. The predicted molar refractivity (Wildman–Crippen MR) is 373 cm³/mol. The molecule has 0 aliphatic carbocycles. The fourth-order valence-corrected chi connectivity index (χ4v) is 10.0. The molecule has 0 spiro atoms. The predicted octanol–water partition coefficient (Wildman–Crippen LogP) is 9.91. The first kappa shape index (κ1) is 75.4. The quantitative estimate of drug-likeness (QED) is 0.0609. The van der Waals surface area contributed by atoms with Gasteiger partial charge in [-0.15, -0.1) is 0 Å². The minimum atomic E-state index is -0.444. The van der Waals surface area contributed by atoms with Crippen molar-refractivity contribution in [3.05, 3.63) is 133 Å². The van der Waals surface area contributed by atoms with Gasteiger partial charge < -0.3 is 77.7 Å². The average molecular weight is 1370 g/mol. The number of H-pyrrole nitrogens is 1. The van der Waals surface area contributed by atoms with Gasteiger partial charge in [0, 0.05) is 141 Å². The number of alkyl halides is 1. The van der Waals surface area contributed by atoms with Crippen molar-refractivity contribution in [2.75, 3.05) is 185 Å². The molecule has 10 rings (SSSR count). The Labute approximate surface area is 565 Å². The summed E-state index contributed by atoms with van der Waals surface area (Å²) in [4.78, 5) is 52.0. The van der Waals surface area contributed by atoms with Crippen LogP contribution in [0.4, 0.5) is 9.59 Å². The van der Waals surface area contributed by atoms with E-state index in [0.29, 0.717) is 38.6 Å². The number of hydrogen-bond acceptors (Lipinski definition) is 18. The molecule has 0 unspecified atom stereocenters. The highest BCUT2D eigenvalue weighted by molar-refractivity contribution is 9.09. The van der Waals surface area contributed by atoms with Gasteiger partial charge in [0.15, 0.2) is 0 Å². The maximum Gasteiger partial charge on any atom is 0.410 e. The lowest BCUT2D eigenvalue weighted by atomic mass is 10.2. The molecule has 0 bridgehead atoms. The van der Waals surface area contributed by atoms with Crippen molar-refractivity contribution in [2.45, 2.75) is 52.7 Å². The summed E-state index contributed by atoms with van der Waals surface area (Å²) in [7, 11) is 6.61. The zero-order chi connectivity index (χ0) is 67.6. The van der Waals surface area contributed by atoms with Crippen LogP contribution >= 0.6 is 15.9 Å². The number of benzene rings is 5. The number of carbonyl (C=O) groups is 3. The molecule has 0 saturated carbocycles. The van der Waals surface area contributed by atoms with E-state index in [1.54, 1.807) is 38.2 Å². The van der Waals surface area contributed by atoms with Gasteiger partial charge in [-0.25, -0.2) is 9.59 Å². The monoisotopic (exact) mass is 1370 g/mol. The number of nitrogens with one attached hydrogen (secondary N) is 3. The van der Waals surface area contributed by atoms with E-state index in [1.165, 1.54) is 0 Å². The van der Waals surface area contributed by atoms with Crippen molar-refractivity contribution < 1.29 is 61.8 Å². The minimum absolute atomic E-state index is 0.0744. The van der Waals surface area contributed by atoms with Crippen molar-refractivity contribution in [1.82, 2.24) is 45.0 Å². The highest BCUT2D eigenvalue weighted by Crippen LogP contribution is 2.22. The van der Waals surface area contributed by atoms with E-state index >= 15 is 0 Å². The molecule has 516 valence electrons. The highest BCUT2D eigenvalue weighted by Gasteiger charge is 2.27. The number of nitrogens with zero attached hydrogens (tertiary/aromatic N) is 6. The first-order valence-electron chi connectivity index (χ1n) is 32.4. The summed E-state index contributed by atoms with van der Waals surface area (Å²) in [6.07, 6.45) is -0.425. The Morgan fingerprint density at radius 3 is 1.07 bits per heavy atom. The lowest BCUT2D eigenvalue weighted by molar-refractivity contribution is 0.0135. The standard InChI is InChI=1S/C22H25N3O3.C18H28N2O4.C13H20N2O2.C9H11BrO2.C9H18N2O2/c1-27-18-6-8-19(9-7-18)28-15-14-24-10-12-25(13-11-24)22(26)21-16-17-4-2-3-5-20(17)23-21;1-18(2,3)24-17(21)20-11-9-19(10-12-20)13-14-23-16-7-5-15(22-4)6-8-16;1-16-12-2-4-13(5-3-12)17-11-10-15-8-6-14-7-9-15;1-11-8-2-4-9(5-3-8)12-7-6-10;1-9(2,3)13-8(12)11-6-4-10-5-7-11/h2-9,16,23H,10-15H2,1H3;5-8H,9-14H2,1-4H3;2-5,14H,6-11H2,1H3;2-5H,6-7H2,1H3;10H,4-7H2,1-3H3. The smallest absolute Gasteiger partial charge is 0.410 e. The van der Waals surface area contributed by atoms with Crippen LogP contribution in [-0.4, -0.2) is 248 Å². The highest BCUT2D eigenvalue weighted by atomic mass is 79.9. The number of amides is 3. The summed E-state index contributed by atoms with van der Waals surface area (Å²) in [6.45, 7) is 30.5. The summed E-state index contributed by atoms with van der Waals surface area (Å²) >= 11 is 3.29. The number of aromatic nitrogens is 1. The Bertz CT molecular complexity index is 3030. The van der Waals surface area contributed by atoms with Gasteiger partial charge >= 0.3 is 12.2 Å². The van der Waals surface area contributed by atoms with Crippen molar-refractivity contribution in [1.29, 1.82) is 0 Å². The number of rotatable bonds is 20. The molecule has 3 N–H and O–H groups in total. The third-order valence-electron chi connectivity index (χ3n) is 15.0. The topological polar surface area (TPSA) is 203 Å². The van der Waals surface area contributed by atoms with Gasteiger partial charge in [-0.1, -0.05) is 34.1 Å². The third-order valence-corrected chi connectivity index (χ3v) is 15.4. The van der Waals surface area contributed by atoms with Crippen LogP contribution in [0.3, 0.4) is 0 Å². The molecule has 3 amide bonds. The molecule has 5 aromatic carbocycles. The van der Waals surface area contributed by atoms with Crippen molar-refractivity contribution in [3.8, 4) is 46.0 Å². The van der Waals surface area contributed by atoms with E-state index in [1.807, 2.05) is 174 Å². The second-order valence-electron chi connectivity index (χ2n) is 24.3. The number of fused-ring (bicyclic) bond motifs is 1. The lowest BCUT2D eigenvalue weighted by Crippen LogP contribution is -2.50. The lowest BCUT2D eigenvalue weighted by Gasteiger charge is -2.35. The maximum absolute atomic E-state index is 12.8. The first-order valence-corrected chi connectivity index (χ1v) is 33.5. The van der Waals surface area contributed by atoms with Gasteiger partial charge in [0.05, 0.1) is 35.0 Å². The Morgan fingerprint density at radius 1 is 0.404 bits per heavy atom. The van der Waals surface area contributed by atoms with E-state index in [2.05, 4.69) is 46.2 Å². The molecule has 4 aliphatic heterocycles. The summed E-state index contributed by atoms with van der Waals surface area (Å²) in [6, 6.07) is 40.3. The van der Waals surface area contributed by atoms with Gasteiger partial charge in [0.1, 0.15) is 82.7 Å². The van der Waals surface area contributed by atoms with Crippen molar-refractivity contribution in [3.63, 3.8) is 0 Å². The first-order chi connectivity index (χ1) is 45.3. The number of carbonyl (C=O) groups excluding carboxylic acids is 3. The SMILES string of the molecule is CC(C)(C)OC(=O)N1CCNCC1.COc1ccc(OCCBr)cc1.COc1ccc(OCCN2CCN(C(=O)OC(C)(C)C)CC2)cc1.COc1ccc(OCCN2CCN(C(=O)c3cc4ccccc4[nH]3)CC2)cc1.COc1ccc(OCCN2CCNCC2)cc1. The van der Waals surface area contributed by atoms with E-state index in [-0.39, 0.29) is 23.7 Å². The molecule has 4 fully saturated rings. The molecular formula is C71H102BrN9O13. The molecule has 4 aliphatic rings. The largest absolute Gasteiger partial charge is 0.497 e. The van der Waals surface area contributed by atoms with Crippen LogP contribution in [0, 0.1) is 0 Å². The zero-order valence-corrected chi connectivity index (χ0v) is 58.5. The second-order valence-corrected chi connectivity index (χ2v) is 25.1. The molecule has 22 nitrogen and oxygen atoms in total. The molecule has 4 saturated heterocycles. The summed E-state index contributed by atoms with van der Waals surface area (Å²) in [5.41, 5.74) is 0.834. The summed E-state index contributed by atoms with van der Waals surface area (Å²) in [5, 5.41) is 8.44. The van der Waals surface area contributed by atoms with Gasteiger partial charge in [-0.3, -0.25) is 19.5 Å². The van der Waals surface area contributed by atoms with E-state index < -0.39 is 5.60 Å². The summed E-state index contributed by atoms with van der Waals surface area (Å²) in [5.74, 6) is 6.88. The van der Waals surface area contributed by atoms with Gasteiger partial charge in [-0.2, -0.15) is 0 Å². The van der Waals surface area contributed by atoms with Crippen LogP contribution < -0.4 is 48.5 Å². The number of methoxy groups -OCH3 is 4.